The lowest BCUT2D eigenvalue weighted by atomic mass is 10.2. The zero-order valence-corrected chi connectivity index (χ0v) is 10.1. The van der Waals surface area contributed by atoms with E-state index < -0.39 is 0 Å². The number of hydrogen-bond acceptors (Lipinski definition) is 4. The van der Waals surface area contributed by atoms with Crippen molar-refractivity contribution in [1.82, 2.24) is 0 Å². The van der Waals surface area contributed by atoms with Gasteiger partial charge in [0, 0.05) is 6.54 Å². The Morgan fingerprint density at radius 2 is 2.12 bits per heavy atom. The number of nitrogens with two attached hydrogens (primary N) is 1. The highest BCUT2D eigenvalue weighted by Crippen LogP contribution is 2.30. The number of hydrogen-bond donors (Lipinski definition) is 1. The van der Waals surface area contributed by atoms with Crippen LogP contribution >= 0.6 is 0 Å². The van der Waals surface area contributed by atoms with Gasteiger partial charge in [-0.2, -0.15) is 0 Å². The molecule has 1 aliphatic carbocycles. The maximum atomic E-state index is 5.56. The van der Waals surface area contributed by atoms with E-state index in [0.29, 0.717) is 18.0 Å². The minimum absolute atomic E-state index is 0.273. The van der Waals surface area contributed by atoms with Gasteiger partial charge in [0.15, 0.2) is 18.3 Å². The summed E-state index contributed by atoms with van der Waals surface area (Å²) in [6, 6.07) is 5.68. The Morgan fingerprint density at radius 3 is 2.76 bits per heavy atom. The summed E-state index contributed by atoms with van der Waals surface area (Å²) in [5.41, 5.74) is 6.59. The summed E-state index contributed by atoms with van der Waals surface area (Å²) in [5.74, 6) is 2.14. The van der Waals surface area contributed by atoms with E-state index in [9.17, 15) is 0 Å². The predicted octanol–water partition coefficient (Wildman–Crippen LogP) is 1.92. The van der Waals surface area contributed by atoms with E-state index in [2.05, 4.69) is 0 Å². The summed E-state index contributed by atoms with van der Waals surface area (Å²) >= 11 is 0. The second-order valence-corrected chi connectivity index (χ2v) is 4.27. The predicted molar refractivity (Wildman–Crippen MR) is 65.1 cm³/mol. The molecule has 17 heavy (non-hydrogen) atoms. The Labute approximate surface area is 102 Å². The fourth-order valence-corrected chi connectivity index (χ4v) is 1.56. The highest BCUT2D eigenvalue weighted by Gasteiger charge is 2.21. The molecule has 4 nitrogen and oxygen atoms in total. The Kier molecular flexibility index (Phi) is 4.23. The highest BCUT2D eigenvalue weighted by molar-refractivity contribution is 5.42. The lowest BCUT2D eigenvalue weighted by Gasteiger charge is -2.11. The topological polar surface area (TPSA) is 53.7 Å². The molecule has 4 heteroatoms. The molecule has 0 spiro atoms. The molecule has 1 aliphatic rings. The third kappa shape index (κ3) is 3.61. The normalized spacial score (nSPS) is 14.7. The van der Waals surface area contributed by atoms with Gasteiger partial charge in [-0.3, -0.25) is 0 Å². The SMILES string of the molecule is COc1cc(CN)ccc1OCOCC1CC1. The van der Waals surface area contributed by atoms with Gasteiger partial charge in [-0.05, 0) is 36.5 Å². The zero-order valence-electron chi connectivity index (χ0n) is 10.1. The Hall–Kier alpha value is -1.26. The minimum atomic E-state index is 0.273. The molecule has 94 valence electrons. The molecule has 0 aromatic heterocycles. The van der Waals surface area contributed by atoms with Crippen molar-refractivity contribution in [3.8, 4) is 11.5 Å². The maximum absolute atomic E-state index is 5.56. The fraction of sp³-hybridized carbons (Fsp3) is 0.538. The van der Waals surface area contributed by atoms with E-state index in [1.54, 1.807) is 7.11 Å². The largest absolute Gasteiger partial charge is 0.493 e. The van der Waals surface area contributed by atoms with Crippen LogP contribution in [0.2, 0.25) is 0 Å². The molecule has 2 rings (SSSR count). The van der Waals surface area contributed by atoms with Crippen molar-refractivity contribution < 1.29 is 14.2 Å². The minimum Gasteiger partial charge on any atom is -0.493 e. The monoisotopic (exact) mass is 237 g/mol. The molecule has 1 fully saturated rings. The second kappa shape index (κ2) is 5.89. The van der Waals surface area contributed by atoms with Crippen molar-refractivity contribution >= 4 is 0 Å². The lowest BCUT2D eigenvalue weighted by Crippen LogP contribution is -2.06. The Balaban J connectivity index is 1.84. The summed E-state index contributed by atoms with van der Waals surface area (Å²) in [6.07, 6.45) is 2.57. The summed E-state index contributed by atoms with van der Waals surface area (Å²) < 4.78 is 16.2. The quantitative estimate of drug-likeness (QED) is 0.581. The van der Waals surface area contributed by atoms with Crippen molar-refractivity contribution in [1.29, 1.82) is 0 Å². The molecular weight excluding hydrogens is 218 g/mol. The molecule has 0 atom stereocenters. The summed E-state index contributed by atoms with van der Waals surface area (Å²) in [6.45, 7) is 1.56. The maximum Gasteiger partial charge on any atom is 0.189 e. The van der Waals surface area contributed by atoms with E-state index in [4.69, 9.17) is 19.9 Å². The van der Waals surface area contributed by atoms with Gasteiger partial charge in [-0.1, -0.05) is 6.07 Å². The van der Waals surface area contributed by atoms with Gasteiger partial charge < -0.3 is 19.9 Å². The van der Waals surface area contributed by atoms with E-state index in [1.165, 1.54) is 12.8 Å². The molecule has 0 aliphatic heterocycles. The average Bonchev–Trinajstić information content (AvgIpc) is 3.18. The van der Waals surface area contributed by atoms with Gasteiger partial charge in [0.1, 0.15) is 0 Å². The molecule has 0 heterocycles. The van der Waals surface area contributed by atoms with Crippen LogP contribution < -0.4 is 15.2 Å². The van der Waals surface area contributed by atoms with Crippen molar-refractivity contribution in [2.45, 2.75) is 19.4 Å². The van der Waals surface area contributed by atoms with Crippen LogP contribution in [0.3, 0.4) is 0 Å². The van der Waals surface area contributed by atoms with Crippen LogP contribution in [-0.4, -0.2) is 20.5 Å². The van der Waals surface area contributed by atoms with Crippen LogP contribution in [0.25, 0.3) is 0 Å². The first-order valence-electron chi connectivity index (χ1n) is 5.91. The molecule has 1 saturated carbocycles. The van der Waals surface area contributed by atoms with Gasteiger partial charge >= 0.3 is 0 Å². The fourth-order valence-electron chi connectivity index (χ4n) is 1.56. The number of benzene rings is 1. The van der Waals surface area contributed by atoms with Crippen LogP contribution in [0.1, 0.15) is 18.4 Å². The molecule has 0 bridgehead atoms. The molecule has 2 N–H and O–H groups in total. The first kappa shape index (κ1) is 12.2. The van der Waals surface area contributed by atoms with E-state index in [-0.39, 0.29) is 6.79 Å². The molecule has 1 aromatic carbocycles. The van der Waals surface area contributed by atoms with Gasteiger partial charge in [0.05, 0.1) is 13.7 Å². The molecule has 0 unspecified atom stereocenters. The molecule has 0 amide bonds. The summed E-state index contributed by atoms with van der Waals surface area (Å²) in [4.78, 5) is 0. The van der Waals surface area contributed by atoms with Gasteiger partial charge in [-0.15, -0.1) is 0 Å². The van der Waals surface area contributed by atoms with Crippen molar-refractivity contribution in [3.63, 3.8) is 0 Å². The van der Waals surface area contributed by atoms with Crippen molar-refractivity contribution in [3.05, 3.63) is 23.8 Å². The van der Waals surface area contributed by atoms with Crippen LogP contribution in [0, 0.1) is 5.92 Å². The van der Waals surface area contributed by atoms with Gasteiger partial charge in [0.25, 0.3) is 0 Å². The third-order valence-electron chi connectivity index (χ3n) is 2.81. The standard InChI is InChI=1S/C13H19NO3/c1-15-13-6-11(7-14)4-5-12(13)17-9-16-8-10-2-3-10/h4-6,10H,2-3,7-9,14H2,1H3. The molecule has 0 saturated heterocycles. The smallest absolute Gasteiger partial charge is 0.189 e. The van der Waals surface area contributed by atoms with Crippen LogP contribution in [0.4, 0.5) is 0 Å². The first-order chi connectivity index (χ1) is 8.33. The van der Waals surface area contributed by atoms with E-state index >= 15 is 0 Å². The summed E-state index contributed by atoms with van der Waals surface area (Å²) in [5, 5.41) is 0. The molecular formula is C13H19NO3. The zero-order chi connectivity index (χ0) is 12.1. The van der Waals surface area contributed by atoms with Crippen molar-refractivity contribution in [2.24, 2.45) is 11.7 Å². The third-order valence-corrected chi connectivity index (χ3v) is 2.81. The van der Waals surface area contributed by atoms with Crippen LogP contribution in [0.5, 0.6) is 11.5 Å². The summed E-state index contributed by atoms with van der Waals surface area (Å²) in [7, 11) is 1.62. The molecule has 1 aromatic rings. The molecule has 0 radical (unpaired) electrons. The highest BCUT2D eigenvalue weighted by atomic mass is 16.7. The Morgan fingerprint density at radius 1 is 1.29 bits per heavy atom. The van der Waals surface area contributed by atoms with Gasteiger partial charge in [0.2, 0.25) is 0 Å². The lowest BCUT2D eigenvalue weighted by molar-refractivity contribution is 0.00865. The number of rotatable bonds is 7. The second-order valence-electron chi connectivity index (χ2n) is 4.27. The van der Waals surface area contributed by atoms with E-state index in [0.717, 1.165) is 18.1 Å². The van der Waals surface area contributed by atoms with E-state index in [1.807, 2.05) is 18.2 Å². The number of ether oxygens (including phenoxy) is 3. The first-order valence-corrected chi connectivity index (χ1v) is 5.91. The Bertz CT molecular complexity index is 364. The van der Waals surface area contributed by atoms with Crippen LogP contribution in [-0.2, 0) is 11.3 Å². The van der Waals surface area contributed by atoms with Crippen molar-refractivity contribution in [2.75, 3.05) is 20.5 Å². The number of methoxy groups -OCH3 is 1. The van der Waals surface area contributed by atoms with Gasteiger partial charge in [-0.25, -0.2) is 0 Å². The average molecular weight is 237 g/mol. The van der Waals surface area contributed by atoms with Crippen LogP contribution in [0.15, 0.2) is 18.2 Å².